The molecule has 1 N–H and O–H groups in total. The first-order valence-electron chi connectivity index (χ1n) is 7.26. The summed E-state index contributed by atoms with van der Waals surface area (Å²) in [6, 6.07) is -0.476. The monoisotopic (exact) mass is 289 g/mol. The fraction of sp³-hybridized carbons (Fsp3) is 0.929. The number of alkyl halides is 1. The molecule has 0 aromatic carbocycles. The summed E-state index contributed by atoms with van der Waals surface area (Å²) in [6.45, 7) is 14.5. The van der Waals surface area contributed by atoms with Crippen LogP contribution in [-0.4, -0.2) is 32.5 Å². The van der Waals surface area contributed by atoms with E-state index in [0.29, 0.717) is 16.6 Å². The Hall–Kier alpha value is -0.423. The second kappa shape index (κ2) is 5.91. The molecule has 1 rings (SSSR count). The lowest BCUT2D eigenvalue weighted by Gasteiger charge is -2.49. The Morgan fingerprint density at radius 1 is 1.05 bits per heavy atom. The molecule has 112 valence electrons. The summed E-state index contributed by atoms with van der Waals surface area (Å²) in [4.78, 5) is 11.7. The van der Waals surface area contributed by atoms with E-state index < -0.39 is 26.6 Å². The van der Waals surface area contributed by atoms with Crippen LogP contribution in [0.4, 0.5) is 4.39 Å². The van der Waals surface area contributed by atoms with E-state index in [0.717, 1.165) is 0 Å². The summed E-state index contributed by atoms with van der Waals surface area (Å²) in [5.41, 5.74) is 1.20. The molecule has 5 heteroatoms. The van der Waals surface area contributed by atoms with Gasteiger partial charge >= 0.3 is 0 Å². The molecule has 1 fully saturated rings. The maximum atomic E-state index is 13.5. The highest BCUT2D eigenvalue weighted by Crippen LogP contribution is 2.44. The van der Waals surface area contributed by atoms with Crippen molar-refractivity contribution in [3.8, 4) is 0 Å². The summed E-state index contributed by atoms with van der Waals surface area (Å²) >= 11 is 0. The minimum Gasteiger partial charge on any atom is -0.402 e. The highest BCUT2D eigenvalue weighted by Gasteiger charge is 2.53. The van der Waals surface area contributed by atoms with Crippen molar-refractivity contribution in [2.75, 3.05) is 0 Å². The van der Waals surface area contributed by atoms with Crippen molar-refractivity contribution in [2.45, 2.75) is 83.4 Å². The van der Waals surface area contributed by atoms with Crippen molar-refractivity contribution in [2.24, 2.45) is 0 Å². The van der Waals surface area contributed by atoms with Crippen LogP contribution in [0.3, 0.4) is 0 Å². The topological polar surface area (TPSA) is 38.3 Å². The van der Waals surface area contributed by atoms with E-state index in [1.165, 1.54) is 6.92 Å². The Labute approximate surface area is 117 Å². The molecule has 0 aromatic heterocycles. The summed E-state index contributed by atoms with van der Waals surface area (Å²) in [5, 5.41) is 2.61. The van der Waals surface area contributed by atoms with Crippen molar-refractivity contribution in [3.05, 3.63) is 0 Å². The van der Waals surface area contributed by atoms with Crippen LogP contribution < -0.4 is 5.32 Å². The molecular weight excluding hydrogens is 261 g/mol. The number of halogens is 1. The summed E-state index contributed by atoms with van der Waals surface area (Å²) in [7, 11) is -2.12. The normalized spacial score (nSPS) is 25.7. The summed E-state index contributed by atoms with van der Waals surface area (Å²) in [6.07, 6.45) is -1.67. The van der Waals surface area contributed by atoms with E-state index in [2.05, 4.69) is 46.9 Å². The fourth-order valence-electron chi connectivity index (χ4n) is 3.50. The molecular formula is C14H28FNO2Si. The molecule has 1 saturated heterocycles. The van der Waals surface area contributed by atoms with Gasteiger partial charge in [-0.1, -0.05) is 41.5 Å². The van der Waals surface area contributed by atoms with E-state index >= 15 is 0 Å². The number of hydrogen-bond donors (Lipinski definition) is 1. The summed E-state index contributed by atoms with van der Waals surface area (Å²) < 4.78 is 19.8. The van der Waals surface area contributed by atoms with Crippen LogP contribution >= 0.6 is 0 Å². The van der Waals surface area contributed by atoms with E-state index in [1.807, 2.05) is 0 Å². The van der Waals surface area contributed by atoms with Gasteiger partial charge in [-0.05, 0) is 23.5 Å². The van der Waals surface area contributed by atoms with Gasteiger partial charge in [0.05, 0.1) is 6.04 Å². The molecule has 1 amide bonds. The zero-order valence-electron chi connectivity index (χ0n) is 13.2. The molecule has 0 saturated carbocycles. The first kappa shape index (κ1) is 16.6. The Kier molecular flexibility index (Phi) is 5.18. The van der Waals surface area contributed by atoms with Crippen LogP contribution in [-0.2, 0) is 9.22 Å². The van der Waals surface area contributed by atoms with Gasteiger partial charge in [0.2, 0.25) is 8.32 Å². The molecule has 1 heterocycles. The average molecular weight is 289 g/mol. The second-order valence-electron chi connectivity index (χ2n) is 6.57. The van der Waals surface area contributed by atoms with Crippen LogP contribution in [0.1, 0.15) is 48.5 Å². The molecule has 3 atom stereocenters. The van der Waals surface area contributed by atoms with Gasteiger partial charge in [0.1, 0.15) is 12.3 Å². The van der Waals surface area contributed by atoms with Crippen molar-refractivity contribution in [1.29, 1.82) is 0 Å². The van der Waals surface area contributed by atoms with E-state index in [4.69, 9.17) is 4.43 Å². The number of carbonyl (C=O) groups excluding carboxylic acids is 1. The summed E-state index contributed by atoms with van der Waals surface area (Å²) in [5.74, 6) is -0.159. The van der Waals surface area contributed by atoms with E-state index in [1.54, 1.807) is 0 Å². The highest BCUT2D eigenvalue weighted by molar-refractivity contribution is 6.77. The third-order valence-electron chi connectivity index (χ3n) is 4.43. The van der Waals surface area contributed by atoms with E-state index in [9.17, 15) is 9.18 Å². The van der Waals surface area contributed by atoms with Gasteiger partial charge in [-0.25, -0.2) is 4.39 Å². The molecule has 0 bridgehead atoms. The van der Waals surface area contributed by atoms with Gasteiger partial charge in [0.25, 0.3) is 5.91 Å². The predicted octanol–water partition coefficient (Wildman–Crippen LogP) is 3.40. The Balaban J connectivity index is 2.98. The third kappa shape index (κ3) is 2.87. The largest absolute Gasteiger partial charge is 0.402 e. The molecule has 1 aliphatic heterocycles. The molecule has 0 spiro atoms. The van der Waals surface area contributed by atoms with Crippen molar-refractivity contribution in [1.82, 2.24) is 5.32 Å². The average Bonchev–Trinajstić information content (AvgIpc) is 2.24. The minimum atomic E-state index is -2.12. The Bertz CT molecular complexity index is 310. The number of β-lactam (4-membered cyclic amide) rings is 1. The molecule has 0 unspecified atom stereocenters. The Morgan fingerprint density at radius 2 is 1.47 bits per heavy atom. The smallest absolute Gasteiger partial charge is 0.250 e. The molecule has 19 heavy (non-hydrogen) atoms. The van der Waals surface area contributed by atoms with Crippen molar-refractivity contribution >= 4 is 14.2 Å². The van der Waals surface area contributed by atoms with Gasteiger partial charge in [0.15, 0.2) is 0 Å². The quantitative estimate of drug-likeness (QED) is 0.601. The number of rotatable bonds is 6. The lowest BCUT2D eigenvalue weighted by molar-refractivity contribution is -0.143. The van der Waals surface area contributed by atoms with Crippen LogP contribution in [0.15, 0.2) is 0 Å². The number of hydrogen-bond acceptors (Lipinski definition) is 2. The Morgan fingerprint density at radius 3 is 1.74 bits per heavy atom. The van der Waals surface area contributed by atoms with Gasteiger partial charge in [-0.3, -0.25) is 4.79 Å². The van der Waals surface area contributed by atoms with Gasteiger partial charge < -0.3 is 9.74 Å². The minimum absolute atomic E-state index is 0.159. The predicted molar refractivity (Wildman–Crippen MR) is 78.4 cm³/mol. The van der Waals surface area contributed by atoms with Crippen LogP contribution in [0, 0.1) is 0 Å². The number of amides is 1. The first-order chi connectivity index (χ1) is 8.64. The fourth-order valence-corrected chi connectivity index (χ4v) is 9.01. The molecule has 0 aliphatic carbocycles. The zero-order valence-corrected chi connectivity index (χ0v) is 14.2. The first-order valence-corrected chi connectivity index (χ1v) is 9.40. The SMILES string of the molecule is CC(C)[Si](O[C@H]1C(=O)N[C@H]1[C@H](C)F)(C(C)C)C(C)C. The molecule has 3 nitrogen and oxygen atoms in total. The molecule has 1 aliphatic rings. The maximum Gasteiger partial charge on any atom is 0.250 e. The highest BCUT2D eigenvalue weighted by atomic mass is 28.4. The van der Waals surface area contributed by atoms with Gasteiger partial charge in [-0.15, -0.1) is 0 Å². The second-order valence-corrected chi connectivity index (χ2v) is 12.0. The zero-order chi connectivity index (χ0) is 15.0. The number of carbonyl (C=O) groups is 1. The van der Waals surface area contributed by atoms with Crippen LogP contribution in [0.5, 0.6) is 0 Å². The van der Waals surface area contributed by atoms with E-state index in [-0.39, 0.29) is 5.91 Å². The third-order valence-corrected chi connectivity index (χ3v) is 10.5. The maximum absolute atomic E-state index is 13.5. The molecule has 0 aromatic rings. The standard InChI is InChI=1S/C14H28FNO2Si/c1-8(2)19(9(3)4,10(5)6)18-13-12(11(7)15)16-14(13)17/h8-13H,1-7H3,(H,16,17)/t11-,12-,13+/m0/s1. The van der Waals surface area contributed by atoms with Gasteiger partial charge in [-0.2, -0.15) is 0 Å². The van der Waals surface area contributed by atoms with Crippen molar-refractivity contribution in [3.63, 3.8) is 0 Å². The van der Waals surface area contributed by atoms with Crippen LogP contribution in [0.25, 0.3) is 0 Å². The van der Waals surface area contributed by atoms with Crippen molar-refractivity contribution < 1.29 is 13.6 Å². The number of nitrogens with one attached hydrogen (secondary N) is 1. The molecule has 0 radical (unpaired) electrons. The lowest BCUT2D eigenvalue weighted by Crippen LogP contribution is -2.70. The van der Waals surface area contributed by atoms with Gasteiger partial charge in [0, 0.05) is 0 Å². The lowest BCUT2D eigenvalue weighted by atomic mass is 9.99. The van der Waals surface area contributed by atoms with Crippen LogP contribution in [0.2, 0.25) is 16.6 Å².